The van der Waals surface area contributed by atoms with E-state index in [-0.39, 0.29) is 10.9 Å². The van der Waals surface area contributed by atoms with E-state index in [0.717, 1.165) is 12.1 Å². The standard InChI is InChI=1S/C11H11BrClF4NO/c1-2-7(18)10(19,11(15,16)17)5-3-4-6(12)8(13)9(5)14/h3-4,7,19H,2,18H2,1H3. The Hall–Kier alpha value is -0.370. The van der Waals surface area contributed by atoms with Gasteiger partial charge in [0.15, 0.2) is 0 Å². The summed E-state index contributed by atoms with van der Waals surface area (Å²) in [6.07, 6.45) is -5.32. The van der Waals surface area contributed by atoms with Gasteiger partial charge in [-0.3, -0.25) is 0 Å². The minimum atomic E-state index is -5.12. The molecule has 0 aliphatic carbocycles. The number of hydrogen-bond donors (Lipinski definition) is 2. The van der Waals surface area contributed by atoms with Crippen molar-refractivity contribution in [2.75, 3.05) is 0 Å². The normalized spacial score (nSPS) is 17.1. The zero-order valence-corrected chi connectivity index (χ0v) is 12.1. The van der Waals surface area contributed by atoms with Gasteiger partial charge >= 0.3 is 6.18 Å². The Balaban J connectivity index is 3.56. The molecule has 1 aromatic rings. The lowest BCUT2D eigenvalue weighted by Crippen LogP contribution is -2.55. The molecular formula is C11H11BrClF4NO. The van der Waals surface area contributed by atoms with Crippen LogP contribution in [0, 0.1) is 5.82 Å². The van der Waals surface area contributed by atoms with Crippen LogP contribution >= 0.6 is 27.5 Å². The third kappa shape index (κ3) is 2.74. The summed E-state index contributed by atoms with van der Waals surface area (Å²) in [5, 5.41) is 9.38. The van der Waals surface area contributed by atoms with Gasteiger partial charge in [0.1, 0.15) is 5.82 Å². The topological polar surface area (TPSA) is 46.2 Å². The molecule has 1 rings (SSSR count). The van der Waals surface area contributed by atoms with Crippen molar-refractivity contribution in [3.63, 3.8) is 0 Å². The maximum atomic E-state index is 13.9. The van der Waals surface area contributed by atoms with Gasteiger partial charge in [0, 0.05) is 16.1 Å². The Bertz CT molecular complexity index is 482. The van der Waals surface area contributed by atoms with E-state index in [9.17, 15) is 22.7 Å². The van der Waals surface area contributed by atoms with Gasteiger partial charge in [-0.15, -0.1) is 0 Å². The van der Waals surface area contributed by atoms with Crippen LogP contribution in [-0.2, 0) is 5.60 Å². The lowest BCUT2D eigenvalue weighted by molar-refractivity contribution is -0.275. The van der Waals surface area contributed by atoms with Gasteiger partial charge < -0.3 is 10.8 Å². The predicted molar refractivity (Wildman–Crippen MR) is 67.3 cm³/mol. The van der Waals surface area contributed by atoms with Crippen LogP contribution in [0.5, 0.6) is 0 Å². The van der Waals surface area contributed by atoms with Crippen LogP contribution in [0.2, 0.25) is 5.02 Å². The highest BCUT2D eigenvalue weighted by atomic mass is 79.9. The molecule has 0 saturated heterocycles. The number of hydrogen-bond acceptors (Lipinski definition) is 2. The van der Waals surface area contributed by atoms with E-state index < -0.39 is 34.2 Å². The molecule has 2 atom stereocenters. The molecule has 2 unspecified atom stereocenters. The molecule has 0 amide bonds. The summed E-state index contributed by atoms with van der Waals surface area (Å²) in [5.74, 6) is -1.35. The summed E-state index contributed by atoms with van der Waals surface area (Å²) in [7, 11) is 0. The molecule has 0 bridgehead atoms. The van der Waals surface area contributed by atoms with Crippen LogP contribution in [0.1, 0.15) is 18.9 Å². The van der Waals surface area contributed by atoms with Crippen molar-refractivity contribution in [1.82, 2.24) is 0 Å². The van der Waals surface area contributed by atoms with Gasteiger partial charge in [-0.1, -0.05) is 24.6 Å². The highest BCUT2D eigenvalue weighted by Crippen LogP contribution is 2.44. The number of rotatable bonds is 3. The third-order valence-corrected chi connectivity index (χ3v) is 4.11. The summed E-state index contributed by atoms with van der Waals surface area (Å²) in [4.78, 5) is 0. The molecule has 8 heteroatoms. The number of nitrogens with two attached hydrogens (primary N) is 1. The summed E-state index contributed by atoms with van der Waals surface area (Å²) in [6.45, 7) is 1.36. The van der Waals surface area contributed by atoms with Crippen molar-refractivity contribution in [1.29, 1.82) is 0 Å². The second-order valence-corrected chi connectivity index (χ2v) is 5.23. The Morgan fingerprint density at radius 2 is 1.95 bits per heavy atom. The van der Waals surface area contributed by atoms with Gasteiger partial charge in [-0.2, -0.15) is 13.2 Å². The first-order valence-corrected chi connectivity index (χ1v) is 6.43. The molecule has 0 radical (unpaired) electrons. The summed E-state index contributed by atoms with van der Waals surface area (Å²) in [6, 6.07) is 0.230. The van der Waals surface area contributed by atoms with E-state index in [1.165, 1.54) is 6.92 Å². The molecule has 0 aliphatic rings. The van der Waals surface area contributed by atoms with Crippen molar-refractivity contribution in [2.24, 2.45) is 5.73 Å². The van der Waals surface area contributed by atoms with Crippen LogP contribution in [-0.4, -0.2) is 17.3 Å². The summed E-state index contributed by atoms with van der Waals surface area (Å²) < 4.78 is 53.3. The Morgan fingerprint density at radius 3 is 2.37 bits per heavy atom. The van der Waals surface area contributed by atoms with Gasteiger partial charge in [-0.25, -0.2) is 4.39 Å². The van der Waals surface area contributed by atoms with E-state index in [2.05, 4.69) is 15.9 Å². The first-order chi connectivity index (χ1) is 8.57. The summed E-state index contributed by atoms with van der Waals surface area (Å²) >= 11 is 8.43. The van der Waals surface area contributed by atoms with Gasteiger partial charge in [0.25, 0.3) is 0 Å². The van der Waals surface area contributed by atoms with E-state index in [4.69, 9.17) is 17.3 Å². The highest BCUT2D eigenvalue weighted by Gasteiger charge is 2.59. The van der Waals surface area contributed by atoms with Crippen molar-refractivity contribution in [3.05, 3.63) is 33.0 Å². The maximum Gasteiger partial charge on any atom is 0.423 e. The Kier molecular flexibility index (Phi) is 4.88. The van der Waals surface area contributed by atoms with E-state index in [1.54, 1.807) is 0 Å². The van der Waals surface area contributed by atoms with Crippen molar-refractivity contribution < 1.29 is 22.7 Å². The van der Waals surface area contributed by atoms with Crippen LogP contribution in [0.3, 0.4) is 0 Å². The molecule has 0 saturated carbocycles. The molecule has 0 aliphatic heterocycles. The van der Waals surface area contributed by atoms with Gasteiger partial charge in [-0.05, 0) is 28.4 Å². The van der Waals surface area contributed by atoms with Gasteiger partial charge in [0.2, 0.25) is 5.60 Å². The number of halogens is 6. The fourth-order valence-corrected chi connectivity index (χ4v) is 2.15. The van der Waals surface area contributed by atoms with Crippen LogP contribution in [0.15, 0.2) is 16.6 Å². The molecule has 108 valence electrons. The zero-order chi connectivity index (χ0) is 15.0. The quantitative estimate of drug-likeness (QED) is 0.634. The van der Waals surface area contributed by atoms with Crippen LogP contribution in [0.4, 0.5) is 17.6 Å². The predicted octanol–water partition coefficient (Wildman–Crippen LogP) is 3.73. The monoisotopic (exact) mass is 363 g/mol. The molecular weight excluding hydrogens is 353 g/mol. The minimum Gasteiger partial charge on any atom is -0.375 e. The third-order valence-electron chi connectivity index (χ3n) is 2.85. The van der Waals surface area contributed by atoms with Crippen molar-refractivity contribution >= 4 is 27.5 Å². The fourth-order valence-electron chi connectivity index (χ4n) is 1.68. The van der Waals surface area contributed by atoms with E-state index in [0.29, 0.717) is 0 Å². The summed E-state index contributed by atoms with van der Waals surface area (Å²) in [5.41, 5.74) is 0.862. The van der Waals surface area contributed by atoms with Crippen LogP contribution < -0.4 is 5.73 Å². The first kappa shape index (κ1) is 16.7. The molecule has 0 heterocycles. The average Bonchev–Trinajstić information content (AvgIpc) is 2.32. The van der Waals surface area contributed by atoms with E-state index >= 15 is 0 Å². The Morgan fingerprint density at radius 1 is 1.42 bits per heavy atom. The number of alkyl halides is 3. The lowest BCUT2D eigenvalue weighted by Gasteiger charge is -2.36. The van der Waals surface area contributed by atoms with E-state index in [1.807, 2.05) is 0 Å². The first-order valence-electron chi connectivity index (χ1n) is 5.26. The van der Waals surface area contributed by atoms with Crippen molar-refractivity contribution in [3.8, 4) is 0 Å². The molecule has 0 spiro atoms. The number of benzene rings is 1. The second kappa shape index (κ2) is 5.55. The van der Waals surface area contributed by atoms with Crippen molar-refractivity contribution in [2.45, 2.75) is 31.2 Å². The molecule has 0 aromatic heterocycles. The molecule has 0 fully saturated rings. The Labute approximate surface area is 120 Å². The average molecular weight is 365 g/mol. The zero-order valence-electron chi connectivity index (χ0n) is 9.73. The minimum absolute atomic E-state index is 0.0880. The number of aliphatic hydroxyl groups is 1. The molecule has 1 aromatic carbocycles. The molecule has 19 heavy (non-hydrogen) atoms. The maximum absolute atomic E-state index is 13.9. The smallest absolute Gasteiger partial charge is 0.375 e. The van der Waals surface area contributed by atoms with Crippen LogP contribution in [0.25, 0.3) is 0 Å². The fraction of sp³-hybridized carbons (Fsp3) is 0.455. The largest absolute Gasteiger partial charge is 0.423 e. The molecule has 3 N–H and O–H groups in total. The van der Waals surface area contributed by atoms with Gasteiger partial charge in [0.05, 0.1) is 5.02 Å². The SMILES string of the molecule is CCC(N)C(O)(c1ccc(Br)c(Cl)c1F)C(F)(F)F. The highest BCUT2D eigenvalue weighted by molar-refractivity contribution is 9.10. The molecule has 2 nitrogen and oxygen atoms in total. The lowest BCUT2D eigenvalue weighted by atomic mass is 9.84. The second-order valence-electron chi connectivity index (χ2n) is 4.00.